The molecule has 6 nitrogen and oxygen atoms in total. The minimum atomic E-state index is 0.140. The van der Waals surface area contributed by atoms with Crippen molar-refractivity contribution < 1.29 is 9.47 Å². The Kier molecular flexibility index (Phi) is 5.40. The van der Waals surface area contributed by atoms with Gasteiger partial charge < -0.3 is 9.47 Å². The molecule has 2 aliphatic heterocycles. The summed E-state index contributed by atoms with van der Waals surface area (Å²) in [4.78, 5) is 6.70. The second-order valence-corrected chi connectivity index (χ2v) is 7.05. The SMILES string of the molecule is c1cncc(CO[C@H]2CN(CC3CCOCC3)Cc3ccnn3C2)c1. The first kappa shape index (κ1) is 16.7. The maximum absolute atomic E-state index is 6.23. The molecule has 0 radical (unpaired) electrons. The van der Waals surface area contributed by atoms with E-state index in [4.69, 9.17) is 9.47 Å². The van der Waals surface area contributed by atoms with E-state index in [1.165, 1.54) is 5.69 Å². The molecule has 4 rings (SSSR count). The van der Waals surface area contributed by atoms with Crippen molar-refractivity contribution in [1.82, 2.24) is 19.7 Å². The second-order valence-electron chi connectivity index (χ2n) is 7.05. The third kappa shape index (κ3) is 4.45. The molecule has 2 aromatic rings. The lowest BCUT2D eigenvalue weighted by atomic mass is 9.99. The molecule has 0 unspecified atom stereocenters. The van der Waals surface area contributed by atoms with Gasteiger partial charge in [-0.2, -0.15) is 5.10 Å². The van der Waals surface area contributed by atoms with Gasteiger partial charge in [-0.05, 0) is 36.5 Å². The third-order valence-corrected chi connectivity index (χ3v) is 5.09. The summed E-state index contributed by atoms with van der Waals surface area (Å²) >= 11 is 0. The van der Waals surface area contributed by atoms with Crippen molar-refractivity contribution >= 4 is 0 Å². The number of ether oxygens (including phenoxy) is 2. The van der Waals surface area contributed by atoms with Crippen LogP contribution in [0.2, 0.25) is 0 Å². The van der Waals surface area contributed by atoms with Crippen LogP contribution in [0.1, 0.15) is 24.1 Å². The smallest absolute Gasteiger partial charge is 0.0902 e. The lowest BCUT2D eigenvalue weighted by Gasteiger charge is -2.30. The molecular formula is C19H26N4O2. The molecule has 134 valence electrons. The Bertz CT molecular complexity index is 654. The molecule has 1 saturated heterocycles. The fraction of sp³-hybridized carbons (Fsp3) is 0.579. The molecule has 6 heteroatoms. The normalized spacial score (nSPS) is 22.5. The highest BCUT2D eigenvalue weighted by Gasteiger charge is 2.25. The van der Waals surface area contributed by atoms with Gasteiger partial charge in [-0.3, -0.25) is 14.6 Å². The number of fused-ring (bicyclic) bond motifs is 1. The predicted molar refractivity (Wildman–Crippen MR) is 93.9 cm³/mol. The third-order valence-electron chi connectivity index (χ3n) is 5.09. The molecule has 0 bridgehead atoms. The van der Waals surface area contributed by atoms with Crippen LogP contribution >= 0.6 is 0 Å². The van der Waals surface area contributed by atoms with E-state index in [0.29, 0.717) is 6.61 Å². The average molecular weight is 342 g/mol. The maximum Gasteiger partial charge on any atom is 0.0902 e. The Balaban J connectivity index is 1.41. The van der Waals surface area contributed by atoms with Gasteiger partial charge in [0.05, 0.1) is 24.9 Å². The number of hydrogen-bond acceptors (Lipinski definition) is 5. The predicted octanol–water partition coefficient (Wildman–Crippen LogP) is 2.11. The van der Waals surface area contributed by atoms with Gasteiger partial charge in [0.25, 0.3) is 0 Å². The van der Waals surface area contributed by atoms with Crippen LogP contribution < -0.4 is 0 Å². The topological polar surface area (TPSA) is 52.4 Å². The van der Waals surface area contributed by atoms with Gasteiger partial charge >= 0.3 is 0 Å². The summed E-state index contributed by atoms with van der Waals surface area (Å²) in [6, 6.07) is 6.14. The van der Waals surface area contributed by atoms with Gasteiger partial charge in [0.2, 0.25) is 0 Å². The second kappa shape index (κ2) is 8.08. The van der Waals surface area contributed by atoms with E-state index in [1.54, 1.807) is 6.20 Å². The monoisotopic (exact) mass is 342 g/mol. The maximum atomic E-state index is 6.23. The van der Waals surface area contributed by atoms with Gasteiger partial charge in [-0.25, -0.2) is 0 Å². The lowest BCUT2D eigenvalue weighted by molar-refractivity contribution is -0.00101. The van der Waals surface area contributed by atoms with E-state index >= 15 is 0 Å². The molecule has 0 N–H and O–H groups in total. The first-order valence-electron chi connectivity index (χ1n) is 9.18. The van der Waals surface area contributed by atoms with E-state index < -0.39 is 0 Å². The molecule has 2 aliphatic rings. The van der Waals surface area contributed by atoms with Gasteiger partial charge in [0.1, 0.15) is 0 Å². The number of aromatic nitrogens is 3. The Labute approximate surface area is 148 Å². The quantitative estimate of drug-likeness (QED) is 0.833. The fourth-order valence-corrected chi connectivity index (χ4v) is 3.73. The molecule has 0 saturated carbocycles. The summed E-state index contributed by atoms with van der Waals surface area (Å²) in [5.41, 5.74) is 2.39. The fourth-order valence-electron chi connectivity index (χ4n) is 3.73. The zero-order valence-electron chi connectivity index (χ0n) is 14.6. The van der Waals surface area contributed by atoms with Crippen LogP contribution in [0.15, 0.2) is 36.8 Å². The van der Waals surface area contributed by atoms with E-state index in [0.717, 1.165) is 63.7 Å². The Hall–Kier alpha value is -1.76. The summed E-state index contributed by atoms with van der Waals surface area (Å²) in [5, 5.41) is 4.48. The lowest BCUT2D eigenvalue weighted by Crippen LogP contribution is -2.37. The number of hydrogen-bond donors (Lipinski definition) is 0. The van der Waals surface area contributed by atoms with Crippen LogP contribution in [-0.2, 0) is 29.2 Å². The molecule has 2 aromatic heterocycles. The Morgan fingerprint density at radius 1 is 1.16 bits per heavy atom. The molecule has 0 amide bonds. The number of nitrogens with zero attached hydrogens (tertiary/aromatic N) is 4. The van der Waals surface area contributed by atoms with Crippen LogP contribution in [0.4, 0.5) is 0 Å². The minimum absolute atomic E-state index is 0.140. The summed E-state index contributed by atoms with van der Waals surface area (Å²) in [6.45, 7) is 6.22. The standard InChI is InChI=1S/C19H26N4O2/c1-2-17(10-20-6-1)15-25-19-13-22(11-16-4-8-24-9-5-16)12-18-3-7-21-23(18)14-19/h1-3,6-7,10,16,19H,4-5,8-9,11-15H2/t19-/m0/s1. The molecular weight excluding hydrogens is 316 g/mol. The van der Waals surface area contributed by atoms with E-state index in [-0.39, 0.29) is 6.10 Å². The summed E-state index contributed by atoms with van der Waals surface area (Å²) < 4.78 is 13.8. The van der Waals surface area contributed by atoms with Crippen molar-refractivity contribution in [3.05, 3.63) is 48.0 Å². The van der Waals surface area contributed by atoms with Crippen LogP contribution in [0.25, 0.3) is 0 Å². The Morgan fingerprint density at radius 3 is 2.92 bits per heavy atom. The highest BCUT2D eigenvalue weighted by Crippen LogP contribution is 2.20. The molecule has 0 spiro atoms. The number of pyridine rings is 1. The molecule has 1 atom stereocenters. The van der Waals surface area contributed by atoms with Crippen molar-refractivity contribution in [2.45, 2.75) is 38.6 Å². The molecule has 25 heavy (non-hydrogen) atoms. The van der Waals surface area contributed by atoms with E-state index in [9.17, 15) is 0 Å². The zero-order chi connectivity index (χ0) is 16.9. The summed E-state index contributed by atoms with van der Waals surface area (Å²) in [5.74, 6) is 0.724. The van der Waals surface area contributed by atoms with Crippen molar-refractivity contribution in [2.75, 3.05) is 26.3 Å². The van der Waals surface area contributed by atoms with Crippen LogP contribution in [0.5, 0.6) is 0 Å². The molecule has 0 aliphatic carbocycles. The van der Waals surface area contributed by atoms with E-state index in [2.05, 4.69) is 31.8 Å². The van der Waals surface area contributed by atoms with Gasteiger partial charge in [0.15, 0.2) is 0 Å². The van der Waals surface area contributed by atoms with Crippen molar-refractivity contribution in [2.24, 2.45) is 5.92 Å². The zero-order valence-corrected chi connectivity index (χ0v) is 14.6. The van der Waals surface area contributed by atoms with Crippen LogP contribution in [-0.4, -0.2) is 52.1 Å². The first-order valence-corrected chi connectivity index (χ1v) is 9.18. The van der Waals surface area contributed by atoms with Gasteiger partial charge in [-0.1, -0.05) is 6.07 Å². The minimum Gasteiger partial charge on any atom is -0.381 e. The van der Waals surface area contributed by atoms with Crippen molar-refractivity contribution in [3.63, 3.8) is 0 Å². The average Bonchev–Trinajstić information content (AvgIpc) is 3.01. The molecule has 1 fully saturated rings. The van der Waals surface area contributed by atoms with Gasteiger partial charge in [0, 0.05) is 51.4 Å². The highest BCUT2D eigenvalue weighted by molar-refractivity contribution is 5.07. The molecule has 4 heterocycles. The first-order chi connectivity index (χ1) is 12.4. The molecule has 0 aromatic carbocycles. The summed E-state index contributed by atoms with van der Waals surface area (Å²) in [6.07, 6.45) is 8.02. The van der Waals surface area contributed by atoms with Gasteiger partial charge in [-0.15, -0.1) is 0 Å². The Morgan fingerprint density at radius 2 is 2.08 bits per heavy atom. The van der Waals surface area contributed by atoms with Crippen molar-refractivity contribution in [1.29, 1.82) is 0 Å². The van der Waals surface area contributed by atoms with E-state index in [1.807, 2.05) is 18.5 Å². The van der Waals surface area contributed by atoms with Crippen molar-refractivity contribution in [3.8, 4) is 0 Å². The van der Waals surface area contributed by atoms with Crippen LogP contribution in [0, 0.1) is 5.92 Å². The largest absolute Gasteiger partial charge is 0.381 e. The van der Waals surface area contributed by atoms with Crippen LogP contribution in [0.3, 0.4) is 0 Å². The highest BCUT2D eigenvalue weighted by atomic mass is 16.5. The summed E-state index contributed by atoms with van der Waals surface area (Å²) in [7, 11) is 0. The number of rotatable bonds is 5.